The third kappa shape index (κ3) is 1.84. The number of nitrogens with one attached hydrogen (secondary N) is 1. The van der Waals surface area contributed by atoms with E-state index in [2.05, 4.69) is 31.4 Å². The number of hydrogen-bond acceptors (Lipinski definition) is 2. The fourth-order valence-electron chi connectivity index (χ4n) is 1.38. The molecule has 1 aliphatic rings. The van der Waals surface area contributed by atoms with Gasteiger partial charge in [0.05, 0.1) is 0 Å². The summed E-state index contributed by atoms with van der Waals surface area (Å²) in [7, 11) is 0. The summed E-state index contributed by atoms with van der Waals surface area (Å²) in [6.45, 7) is 4.37. The third-order valence-corrected chi connectivity index (χ3v) is 2.00. The van der Waals surface area contributed by atoms with Crippen LogP contribution in [0.1, 0.15) is 26.7 Å². The van der Waals surface area contributed by atoms with Crippen LogP contribution in [0.15, 0.2) is 23.4 Å². The van der Waals surface area contributed by atoms with Crippen LogP contribution in [0.5, 0.6) is 0 Å². The van der Waals surface area contributed by atoms with Gasteiger partial charge in [0, 0.05) is 5.70 Å². The molecule has 0 aromatic carbocycles. The van der Waals surface area contributed by atoms with Gasteiger partial charge in [-0.2, -0.15) is 0 Å². The van der Waals surface area contributed by atoms with Crippen molar-refractivity contribution in [3.8, 4) is 0 Å². The molecule has 3 N–H and O–H groups in total. The summed E-state index contributed by atoms with van der Waals surface area (Å²) in [6.07, 6.45) is 6.54. The number of hydrazine groups is 1. The van der Waals surface area contributed by atoms with Crippen molar-refractivity contribution < 1.29 is 0 Å². The van der Waals surface area contributed by atoms with Crippen LogP contribution in [0.3, 0.4) is 0 Å². The SMILES string of the molecule is CC(C)C1=C(NN)CCC=C1. The van der Waals surface area contributed by atoms with Crippen LogP contribution in [0.2, 0.25) is 0 Å². The fraction of sp³-hybridized carbons (Fsp3) is 0.556. The highest BCUT2D eigenvalue weighted by Crippen LogP contribution is 2.22. The van der Waals surface area contributed by atoms with Gasteiger partial charge in [-0.3, -0.25) is 5.84 Å². The molecule has 0 amide bonds. The van der Waals surface area contributed by atoms with Gasteiger partial charge in [-0.05, 0) is 24.3 Å². The molecule has 11 heavy (non-hydrogen) atoms. The maximum absolute atomic E-state index is 5.39. The summed E-state index contributed by atoms with van der Waals surface area (Å²) >= 11 is 0. The highest BCUT2D eigenvalue weighted by Gasteiger charge is 2.09. The second kappa shape index (κ2) is 3.58. The van der Waals surface area contributed by atoms with Gasteiger partial charge in [-0.15, -0.1) is 0 Å². The summed E-state index contributed by atoms with van der Waals surface area (Å²) < 4.78 is 0. The third-order valence-electron chi connectivity index (χ3n) is 2.00. The molecule has 0 heterocycles. The van der Waals surface area contributed by atoms with E-state index in [-0.39, 0.29) is 0 Å². The zero-order chi connectivity index (χ0) is 8.27. The van der Waals surface area contributed by atoms with Crippen molar-refractivity contribution in [1.29, 1.82) is 0 Å². The zero-order valence-electron chi connectivity index (χ0n) is 7.22. The first kappa shape index (κ1) is 8.34. The van der Waals surface area contributed by atoms with Crippen LogP contribution in [0.4, 0.5) is 0 Å². The lowest BCUT2D eigenvalue weighted by Gasteiger charge is -2.17. The summed E-state index contributed by atoms with van der Waals surface area (Å²) in [6, 6.07) is 0. The molecule has 0 atom stereocenters. The normalized spacial score (nSPS) is 17.8. The Labute approximate surface area is 68.1 Å². The second-order valence-electron chi connectivity index (χ2n) is 3.17. The van der Waals surface area contributed by atoms with Crippen LogP contribution < -0.4 is 11.3 Å². The highest BCUT2D eigenvalue weighted by atomic mass is 15.2. The first-order chi connectivity index (χ1) is 5.25. The Bertz CT molecular complexity index is 190. The van der Waals surface area contributed by atoms with E-state index in [1.54, 1.807) is 0 Å². The van der Waals surface area contributed by atoms with Crippen molar-refractivity contribution in [1.82, 2.24) is 5.43 Å². The van der Waals surface area contributed by atoms with E-state index in [0.29, 0.717) is 5.92 Å². The van der Waals surface area contributed by atoms with Crippen molar-refractivity contribution >= 4 is 0 Å². The molecular formula is C9H16N2. The van der Waals surface area contributed by atoms with E-state index in [9.17, 15) is 0 Å². The van der Waals surface area contributed by atoms with E-state index in [0.717, 1.165) is 12.8 Å². The maximum Gasteiger partial charge on any atom is 0.0296 e. The lowest BCUT2D eigenvalue weighted by atomic mass is 9.94. The molecule has 1 aliphatic carbocycles. The van der Waals surface area contributed by atoms with E-state index < -0.39 is 0 Å². The van der Waals surface area contributed by atoms with Crippen LogP contribution in [0, 0.1) is 5.92 Å². The Kier molecular flexibility index (Phi) is 2.71. The quantitative estimate of drug-likeness (QED) is 0.467. The van der Waals surface area contributed by atoms with Gasteiger partial charge in [0.15, 0.2) is 0 Å². The van der Waals surface area contributed by atoms with E-state index in [4.69, 9.17) is 5.84 Å². The average molecular weight is 152 g/mol. The molecule has 1 rings (SSSR count). The monoisotopic (exact) mass is 152 g/mol. The average Bonchev–Trinajstić information content (AvgIpc) is 2.04. The number of hydrogen-bond donors (Lipinski definition) is 2. The topological polar surface area (TPSA) is 38.0 Å². The second-order valence-corrected chi connectivity index (χ2v) is 3.17. The number of rotatable bonds is 2. The predicted octanol–water partition coefficient (Wildman–Crippen LogP) is 1.71. The minimum atomic E-state index is 0.567. The molecule has 0 saturated heterocycles. The first-order valence-corrected chi connectivity index (χ1v) is 4.12. The van der Waals surface area contributed by atoms with Gasteiger partial charge >= 0.3 is 0 Å². The molecule has 0 aromatic rings. The molecule has 2 heteroatoms. The molecule has 62 valence electrons. The van der Waals surface area contributed by atoms with Crippen LogP contribution in [-0.4, -0.2) is 0 Å². The Morgan fingerprint density at radius 1 is 1.55 bits per heavy atom. The summed E-state index contributed by atoms with van der Waals surface area (Å²) in [5.41, 5.74) is 5.31. The van der Waals surface area contributed by atoms with Gasteiger partial charge < -0.3 is 5.43 Å². The van der Waals surface area contributed by atoms with Crippen LogP contribution in [-0.2, 0) is 0 Å². The number of nitrogens with two attached hydrogens (primary N) is 1. The van der Waals surface area contributed by atoms with Gasteiger partial charge in [-0.25, -0.2) is 0 Å². The van der Waals surface area contributed by atoms with Crippen LogP contribution in [0.25, 0.3) is 0 Å². The standard InChI is InChI=1S/C9H16N2/c1-7(2)8-5-3-4-6-9(8)11-10/h3,5,7,11H,4,6,10H2,1-2H3. The zero-order valence-corrected chi connectivity index (χ0v) is 7.22. The van der Waals surface area contributed by atoms with Gasteiger partial charge in [0.1, 0.15) is 0 Å². The van der Waals surface area contributed by atoms with Crippen LogP contribution >= 0.6 is 0 Å². The van der Waals surface area contributed by atoms with Gasteiger partial charge in [0.25, 0.3) is 0 Å². The molecule has 0 spiro atoms. The molecule has 2 nitrogen and oxygen atoms in total. The number of allylic oxidation sites excluding steroid dienone is 4. The van der Waals surface area contributed by atoms with E-state index >= 15 is 0 Å². The van der Waals surface area contributed by atoms with Gasteiger partial charge in [0.2, 0.25) is 0 Å². The van der Waals surface area contributed by atoms with Crippen molar-refractivity contribution in [3.63, 3.8) is 0 Å². The molecule has 0 radical (unpaired) electrons. The minimum absolute atomic E-state index is 0.567. The molecule has 0 fully saturated rings. The minimum Gasteiger partial charge on any atom is -0.328 e. The Balaban J connectivity index is 2.83. The van der Waals surface area contributed by atoms with Crippen molar-refractivity contribution in [2.45, 2.75) is 26.7 Å². The lowest BCUT2D eigenvalue weighted by Crippen LogP contribution is -2.24. The van der Waals surface area contributed by atoms with E-state index in [1.165, 1.54) is 11.3 Å². The summed E-state index contributed by atoms with van der Waals surface area (Å²) in [4.78, 5) is 0. The molecule has 0 aliphatic heterocycles. The van der Waals surface area contributed by atoms with E-state index in [1.807, 2.05) is 0 Å². The van der Waals surface area contributed by atoms with Gasteiger partial charge in [-0.1, -0.05) is 26.0 Å². The van der Waals surface area contributed by atoms with Crippen molar-refractivity contribution in [2.24, 2.45) is 11.8 Å². The molecule has 0 aromatic heterocycles. The smallest absolute Gasteiger partial charge is 0.0296 e. The molecule has 0 saturated carbocycles. The fourth-order valence-corrected chi connectivity index (χ4v) is 1.38. The van der Waals surface area contributed by atoms with Crippen molar-refractivity contribution in [2.75, 3.05) is 0 Å². The molecule has 0 unspecified atom stereocenters. The Morgan fingerprint density at radius 2 is 2.27 bits per heavy atom. The predicted molar refractivity (Wildman–Crippen MR) is 47.6 cm³/mol. The molecule has 0 bridgehead atoms. The Hall–Kier alpha value is -0.760. The summed E-state index contributed by atoms with van der Waals surface area (Å²) in [5.74, 6) is 5.96. The Morgan fingerprint density at radius 3 is 2.73 bits per heavy atom. The largest absolute Gasteiger partial charge is 0.328 e. The maximum atomic E-state index is 5.39. The highest BCUT2D eigenvalue weighted by molar-refractivity contribution is 5.29. The first-order valence-electron chi connectivity index (χ1n) is 4.12. The van der Waals surface area contributed by atoms with Crippen molar-refractivity contribution in [3.05, 3.63) is 23.4 Å². The lowest BCUT2D eigenvalue weighted by molar-refractivity contribution is 0.699. The summed E-state index contributed by atoms with van der Waals surface area (Å²) in [5, 5.41) is 0. The molecular weight excluding hydrogens is 136 g/mol.